The maximum atomic E-state index is 12.2. The van der Waals surface area contributed by atoms with Gasteiger partial charge in [0.05, 0.1) is 26.9 Å². The van der Waals surface area contributed by atoms with Crippen molar-refractivity contribution in [3.63, 3.8) is 0 Å². The summed E-state index contributed by atoms with van der Waals surface area (Å²) in [6, 6.07) is 3.27. The number of hydrogen-bond donors (Lipinski definition) is 0. The molecule has 21 heavy (non-hydrogen) atoms. The molecule has 0 N–H and O–H groups in total. The first-order valence-electron chi connectivity index (χ1n) is 6.97. The van der Waals surface area contributed by atoms with Gasteiger partial charge in [0, 0.05) is 12.6 Å². The van der Waals surface area contributed by atoms with E-state index in [4.69, 9.17) is 19.0 Å². The third kappa shape index (κ3) is 4.26. The number of carbonyl (C=O) groups is 1. The number of ether oxygens (including phenoxy) is 3. The van der Waals surface area contributed by atoms with Crippen LogP contribution in [0.15, 0.2) is 12.1 Å². The van der Waals surface area contributed by atoms with Gasteiger partial charge in [-0.2, -0.15) is 0 Å². The Morgan fingerprint density at radius 3 is 1.86 bits per heavy atom. The number of nitrogens with zero attached hydrogens (tertiary/aromatic N) is 1. The first-order chi connectivity index (χ1) is 10.1. The molecule has 0 spiro atoms. The molecule has 6 nitrogen and oxygen atoms in total. The summed E-state index contributed by atoms with van der Waals surface area (Å²) >= 11 is 0. The lowest BCUT2D eigenvalue weighted by Gasteiger charge is -2.19. The monoisotopic (exact) mass is 297 g/mol. The van der Waals surface area contributed by atoms with Gasteiger partial charge in [-0.15, -0.1) is 0 Å². The molecule has 0 atom stereocenters. The summed E-state index contributed by atoms with van der Waals surface area (Å²) in [4.78, 5) is 17.1. The molecule has 1 amide bonds. The summed E-state index contributed by atoms with van der Waals surface area (Å²) < 4.78 is 16.7. The van der Waals surface area contributed by atoms with Crippen LogP contribution in [0.1, 0.15) is 31.1 Å². The molecule has 0 saturated carbocycles. The predicted octanol–water partition coefficient (Wildman–Crippen LogP) is 2.52. The summed E-state index contributed by atoms with van der Waals surface area (Å²) in [5, 5.41) is 1.14. The van der Waals surface area contributed by atoms with Gasteiger partial charge in [-0.3, -0.25) is 9.63 Å². The van der Waals surface area contributed by atoms with Crippen molar-refractivity contribution in [1.29, 1.82) is 0 Å². The Hall–Kier alpha value is -1.95. The van der Waals surface area contributed by atoms with Crippen LogP contribution in [-0.4, -0.2) is 44.9 Å². The van der Waals surface area contributed by atoms with Crippen molar-refractivity contribution in [2.24, 2.45) is 0 Å². The summed E-state index contributed by atoms with van der Waals surface area (Å²) in [6.07, 6.45) is 0. The lowest BCUT2D eigenvalue weighted by molar-refractivity contribution is -0.0757. The van der Waals surface area contributed by atoms with Crippen LogP contribution in [0.3, 0.4) is 0 Å². The summed E-state index contributed by atoms with van der Waals surface area (Å²) in [5.41, 5.74) is 0.412. The standard InChI is InChI=1S/C15H23NO5/c1-6-19-12-9-11(15(17)16(4)18-5)10-13(20-7-2)14(12)21-8-3/h9-10H,6-8H2,1-5H3. The molecule has 0 saturated heterocycles. The Morgan fingerprint density at radius 1 is 1.00 bits per heavy atom. The van der Waals surface area contributed by atoms with Crippen molar-refractivity contribution in [3.05, 3.63) is 17.7 Å². The second-order valence-electron chi connectivity index (χ2n) is 4.09. The van der Waals surface area contributed by atoms with Gasteiger partial charge in [0.1, 0.15) is 0 Å². The van der Waals surface area contributed by atoms with Crippen molar-refractivity contribution in [3.8, 4) is 17.2 Å². The summed E-state index contributed by atoms with van der Waals surface area (Å²) in [5.74, 6) is 1.19. The number of hydrogen-bond acceptors (Lipinski definition) is 5. The smallest absolute Gasteiger partial charge is 0.277 e. The lowest BCUT2D eigenvalue weighted by Crippen LogP contribution is -2.25. The first kappa shape index (κ1) is 17.1. The predicted molar refractivity (Wildman–Crippen MR) is 79.1 cm³/mol. The van der Waals surface area contributed by atoms with E-state index < -0.39 is 0 Å². The van der Waals surface area contributed by atoms with Crippen LogP contribution in [0.2, 0.25) is 0 Å². The van der Waals surface area contributed by atoms with Crippen molar-refractivity contribution in [2.75, 3.05) is 34.0 Å². The molecule has 0 aliphatic carbocycles. The minimum Gasteiger partial charge on any atom is -0.490 e. The molecule has 118 valence electrons. The lowest BCUT2D eigenvalue weighted by atomic mass is 10.1. The topological polar surface area (TPSA) is 57.2 Å². The van der Waals surface area contributed by atoms with Gasteiger partial charge in [0.2, 0.25) is 5.75 Å². The van der Waals surface area contributed by atoms with Gasteiger partial charge in [0.25, 0.3) is 5.91 Å². The third-order valence-electron chi connectivity index (χ3n) is 2.72. The molecular formula is C15H23NO5. The molecule has 0 aliphatic heterocycles. The molecule has 1 aromatic rings. The van der Waals surface area contributed by atoms with Gasteiger partial charge in [-0.05, 0) is 32.9 Å². The molecule has 0 fully saturated rings. The minimum atomic E-state index is -0.289. The minimum absolute atomic E-state index is 0.289. The fourth-order valence-electron chi connectivity index (χ4n) is 1.78. The van der Waals surface area contributed by atoms with Gasteiger partial charge < -0.3 is 14.2 Å². The highest BCUT2D eigenvalue weighted by Crippen LogP contribution is 2.39. The molecule has 0 aliphatic rings. The zero-order valence-electron chi connectivity index (χ0n) is 13.3. The second kappa shape index (κ2) is 8.36. The van der Waals surface area contributed by atoms with E-state index >= 15 is 0 Å². The molecule has 0 aromatic heterocycles. The van der Waals surface area contributed by atoms with Gasteiger partial charge in [0.15, 0.2) is 11.5 Å². The number of amides is 1. The van der Waals surface area contributed by atoms with Gasteiger partial charge >= 0.3 is 0 Å². The molecule has 0 unspecified atom stereocenters. The molecular weight excluding hydrogens is 274 g/mol. The van der Waals surface area contributed by atoms with Crippen LogP contribution in [0, 0.1) is 0 Å². The highest BCUT2D eigenvalue weighted by molar-refractivity contribution is 5.94. The maximum absolute atomic E-state index is 12.2. The second-order valence-corrected chi connectivity index (χ2v) is 4.09. The molecule has 1 aromatic carbocycles. The number of hydroxylamine groups is 2. The van der Waals surface area contributed by atoms with Crippen LogP contribution < -0.4 is 14.2 Å². The van der Waals surface area contributed by atoms with Gasteiger partial charge in [-0.1, -0.05) is 0 Å². The molecule has 0 bridgehead atoms. The van der Waals surface area contributed by atoms with E-state index in [9.17, 15) is 4.79 Å². The largest absolute Gasteiger partial charge is 0.490 e. The van der Waals surface area contributed by atoms with E-state index in [2.05, 4.69) is 0 Å². The van der Waals surface area contributed by atoms with E-state index in [1.807, 2.05) is 20.8 Å². The Morgan fingerprint density at radius 2 is 1.48 bits per heavy atom. The van der Waals surface area contributed by atoms with Gasteiger partial charge in [-0.25, -0.2) is 5.06 Å². The fourth-order valence-corrected chi connectivity index (χ4v) is 1.78. The molecule has 1 rings (SSSR count). The summed E-state index contributed by atoms with van der Waals surface area (Å²) in [7, 11) is 2.97. The molecule has 0 radical (unpaired) electrons. The average Bonchev–Trinajstić information content (AvgIpc) is 2.49. The average molecular weight is 297 g/mol. The number of carbonyl (C=O) groups excluding carboxylic acids is 1. The van der Waals surface area contributed by atoms with Crippen LogP contribution in [-0.2, 0) is 4.84 Å². The van der Waals surface area contributed by atoms with Crippen LogP contribution >= 0.6 is 0 Å². The number of rotatable bonds is 8. The Labute approximate surface area is 125 Å². The maximum Gasteiger partial charge on any atom is 0.277 e. The quantitative estimate of drug-likeness (QED) is 0.690. The fraction of sp³-hybridized carbons (Fsp3) is 0.533. The zero-order chi connectivity index (χ0) is 15.8. The van der Waals surface area contributed by atoms with Crippen LogP contribution in [0.25, 0.3) is 0 Å². The van der Waals surface area contributed by atoms with Crippen LogP contribution in [0.5, 0.6) is 17.2 Å². The van der Waals surface area contributed by atoms with Crippen molar-refractivity contribution < 1.29 is 23.8 Å². The van der Waals surface area contributed by atoms with E-state index in [0.717, 1.165) is 5.06 Å². The molecule has 0 heterocycles. The Kier molecular flexibility index (Phi) is 6.81. The normalized spacial score (nSPS) is 10.1. The summed E-state index contributed by atoms with van der Waals surface area (Å²) in [6.45, 7) is 7.01. The number of benzene rings is 1. The van der Waals surface area contributed by atoms with E-state index in [-0.39, 0.29) is 5.91 Å². The van der Waals surface area contributed by atoms with E-state index in [1.54, 1.807) is 19.2 Å². The van der Waals surface area contributed by atoms with E-state index in [1.165, 1.54) is 7.11 Å². The van der Waals surface area contributed by atoms with Crippen molar-refractivity contribution in [1.82, 2.24) is 5.06 Å². The third-order valence-corrected chi connectivity index (χ3v) is 2.72. The molecule has 6 heteroatoms. The van der Waals surface area contributed by atoms with Crippen molar-refractivity contribution >= 4 is 5.91 Å². The Bertz CT molecular complexity index is 448. The zero-order valence-corrected chi connectivity index (χ0v) is 13.3. The van der Waals surface area contributed by atoms with Crippen molar-refractivity contribution in [2.45, 2.75) is 20.8 Å². The SMILES string of the molecule is CCOc1cc(C(=O)N(C)OC)cc(OCC)c1OCC. The highest BCUT2D eigenvalue weighted by Gasteiger charge is 2.20. The Balaban J connectivity index is 3.31. The first-order valence-corrected chi connectivity index (χ1v) is 6.97. The van der Waals surface area contributed by atoms with E-state index in [0.29, 0.717) is 42.6 Å². The van der Waals surface area contributed by atoms with Crippen LogP contribution in [0.4, 0.5) is 0 Å². The highest BCUT2D eigenvalue weighted by atomic mass is 16.7.